The lowest BCUT2D eigenvalue weighted by Crippen LogP contribution is -1.79. The minimum Gasteiger partial charge on any atom is -0.456 e. The molecule has 188 valence electrons. The van der Waals surface area contributed by atoms with E-state index in [9.17, 15) is 0 Å². The highest BCUT2D eigenvalue weighted by Gasteiger charge is 2.13. The predicted molar refractivity (Wildman–Crippen MR) is 160 cm³/mol. The summed E-state index contributed by atoms with van der Waals surface area (Å²) in [6, 6.07) is 33.3. The van der Waals surface area contributed by atoms with Gasteiger partial charge in [0.1, 0.15) is 22.3 Å². The summed E-state index contributed by atoms with van der Waals surface area (Å²) in [7, 11) is 0. The summed E-state index contributed by atoms with van der Waals surface area (Å²) >= 11 is 1.73. The highest BCUT2D eigenvalue weighted by atomic mass is 32.2. The molecule has 40 heavy (non-hydrogen) atoms. The number of hydrogen-bond acceptors (Lipinski definition) is 6. The molecule has 9 aromatic rings. The van der Waals surface area contributed by atoms with Gasteiger partial charge < -0.3 is 13.3 Å². The summed E-state index contributed by atoms with van der Waals surface area (Å²) < 4.78 is 18.0. The van der Waals surface area contributed by atoms with E-state index in [1.165, 1.54) is 0 Å². The molecule has 0 saturated carbocycles. The third-order valence-corrected chi connectivity index (χ3v) is 8.46. The van der Waals surface area contributed by atoms with Crippen LogP contribution in [0.5, 0.6) is 0 Å². The van der Waals surface area contributed by atoms with E-state index >= 15 is 0 Å². The molecule has 0 aliphatic rings. The van der Waals surface area contributed by atoms with Crippen molar-refractivity contribution in [2.75, 3.05) is 0 Å². The van der Waals surface area contributed by atoms with E-state index in [1.54, 1.807) is 24.2 Å². The lowest BCUT2D eigenvalue weighted by Gasteiger charge is -2.04. The molecule has 0 bridgehead atoms. The van der Waals surface area contributed by atoms with Gasteiger partial charge in [-0.25, -0.2) is 9.97 Å². The zero-order valence-corrected chi connectivity index (χ0v) is 21.7. The topological polar surface area (TPSA) is 65.2 Å². The first-order valence-corrected chi connectivity index (χ1v) is 13.8. The third kappa shape index (κ3) is 3.30. The van der Waals surface area contributed by atoms with Crippen molar-refractivity contribution in [1.29, 1.82) is 0 Å². The van der Waals surface area contributed by atoms with Gasteiger partial charge in [0.2, 0.25) is 11.4 Å². The van der Waals surface area contributed by atoms with Crippen LogP contribution in [0.4, 0.5) is 0 Å². The molecular weight excluding hydrogens is 516 g/mol. The number of nitrogens with zero attached hydrogens (tertiary/aromatic N) is 2. The Morgan fingerprint density at radius 1 is 0.425 bits per heavy atom. The summed E-state index contributed by atoms with van der Waals surface area (Å²) in [5.74, 6) is 0. The van der Waals surface area contributed by atoms with Gasteiger partial charge in [0, 0.05) is 54.5 Å². The summed E-state index contributed by atoms with van der Waals surface area (Å²) in [5, 5.41) is 6.38. The monoisotopic (exact) mass is 534 g/mol. The molecule has 5 aromatic heterocycles. The first-order valence-electron chi connectivity index (χ1n) is 13.0. The first-order chi connectivity index (χ1) is 19.8. The van der Waals surface area contributed by atoms with Gasteiger partial charge in [-0.1, -0.05) is 23.9 Å². The maximum absolute atomic E-state index is 6.21. The van der Waals surface area contributed by atoms with E-state index in [0.717, 1.165) is 75.6 Å². The van der Waals surface area contributed by atoms with Crippen molar-refractivity contribution in [3.8, 4) is 11.1 Å². The molecule has 0 unspecified atom stereocenters. The van der Waals surface area contributed by atoms with Gasteiger partial charge >= 0.3 is 0 Å². The first kappa shape index (κ1) is 21.8. The summed E-state index contributed by atoms with van der Waals surface area (Å²) in [5.41, 5.74) is 7.01. The van der Waals surface area contributed by atoms with E-state index in [2.05, 4.69) is 70.6 Å². The summed E-state index contributed by atoms with van der Waals surface area (Å²) in [6.45, 7) is 0. The zero-order chi connectivity index (χ0) is 26.2. The highest BCUT2D eigenvalue weighted by Crippen LogP contribution is 2.39. The molecule has 4 aromatic carbocycles. The van der Waals surface area contributed by atoms with Crippen LogP contribution in [-0.4, -0.2) is 9.97 Å². The Kier molecular flexibility index (Phi) is 4.48. The van der Waals surface area contributed by atoms with Crippen LogP contribution in [0.3, 0.4) is 0 Å². The molecule has 5 heterocycles. The maximum Gasteiger partial charge on any atom is 0.227 e. The third-order valence-electron chi connectivity index (χ3n) is 7.48. The van der Waals surface area contributed by atoms with Crippen molar-refractivity contribution < 1.29 is 13.3 Å². The van der Waals surface area contributed by atoms with Crippen LogP contribution in [0.2, 0.25) is 0 Å². The van der Waals surface area contributed by atoms with Crippen molar-refractivity contribution in [1.82, 2.24) is 9.97 Å². The Labute approximate surface area is 231 Å². The standard InChI is InChI=1S/C34H18N2O3S/c1-3-23-25-15-19(6-10-31(25)38-33(23)35-13-1)20-5-9-29-26(16-20)28-18-22(7-11-30(28)37-29)40-21-8-12-32-27(17-21)24-4-2-14-36-34(24)39-32/h1-18H. The van der Waals surface area contributed by atoms with Gasteiger partial charge in [-0.05, 0) is 96.1 Å². The predicted octanol–water partition coefficient (Wildman–Crippen LogP) is 9.99. The second kappa shape index (κ2) is 8.21. The van der Waals surface area contributed by atoms with Crippen molar-refractivity contribution >= 4 is 77.8 Å². The Balaban J connectivity index is 1.13. The maximum atomic E-state index is 6.21. The lowest BCUT2D eigenvalue weighted by atomic mass is 10.0. The largest absolute Gasteiger partial charge is 0.456 e. The summed E-state index contributed by atoms with van der Waals surface area (Å²) in [6.07, 6.45) is 3.51. The second-order valence-corrected chi connectivity index (χ2v) is 11.0. The lowest BCUT2D eigenvalue weighted by molar-refractivity contribution is 0.653. The minimum atomic E-state index is 0.660. The normalized spacial score (nSPS) is 12.1. The van der Waals surface area contributed by atoms with E-state index in [0.29, 0.717) is 11.4 Å². The fraction of sp³-hybridized carbons (Fsp3) is 0. The van der Waals surface area contributed by atoms with Gasteiger partial charge in [-0.2, -0.15) is 0 Å². The van der Waals surface area contributed by atoms with Crippen LogP contribution >= 0.6 is 11.8 Å². The minimum absolute atomic E-state index is 0.660. The van der Waals surface area contributed by atoms with Gasteiger partial charge in [0.25, 0.3) is 0 Å². The SMILES string of the molecule is c1cnc2oc3ccc(Sc4ccc5oc6ccc(-c7ccc8oc9ncccc9c8c7)cc6c5c4)cc3c2c1. The molecule has 0 spiro atoms. The molecule has 0 fully saturated rings. The quantitative estimate of drug-likeness (QED) is 0.225. The molecule has 5 nitrogen and oxygen atoms in total. The van der Waals surface area contributed by atoms with Crippen LogP contribution in [0.25, 0.3) is 77.2 Å². The van der Waals surface area contributed by atoms with E-state index in [-0.39, 0.29) is 0 Å². The molecule has 0 saturated heterocycles. The number of benzene rings is 4. The molecule has 9 rings (SSSR count). The van der Waals surface area contributed by atoms with Crippen LogP contribution in [0.1, 0.15) is 0 Å². The zero-order valence-electron chi connectivity index (χ0n) is 20.9. The number of pyridine rings is 2. The van der Waals surface area contributed by atoms with Crippen molar-refractivity contribution in [2.45, 2.75) is 9.79 Å². The number of fused-ring (bicyclic) bond motifs is 9. The number of aromatic nitrogens is 2. The highest BCUT2D eigenvalue weighted by molar-refractivity contribution is 7.99. The van der Waals surface area contributed by atoms with Crippen LogP contribution in [0, 0.1) is 0 Å². The second-order valence-electron chi connectivity index (χ2n) is 9.86. The number of hydrogen-bond donors (Lipinski definition) is 0. The molecule has 0 radical (unpaired) electrons. The van der Waals surface area contributed by atoms with Crippen LogP contribution in [-0.2, 0) is 0 Å². The van der Waals surface area contributed by atoms with Gasteiger partial charge in [-0.3, -0.25) is 0 Å². The number of rotatable bonds is 3. The average Bonchev–Trinajstić information content (AvgIpc) is 3.67. The number of furan rings is 3. The Hall–Kier alpha value is -5.07. The van der Waals surface area contributed by atoms with Gasteiger partial charge in [0.05, 0.1) is 0 Å². The average molecular weight is 535 g/mol. The molecule has 6 heteroatoms. The van der Waals surface area contributed by atoms with Crippen molar-refractivity contribution in [3.63, 3.8) is 0 Å². The molecule has 0 atom stereocenters. The molecule has 0 N–H and O–H groups in total. The summed E-state index contributed by atoms with van der Waals surface area (Å²) in [4.78, 5) is 11.0. The van der Waals surface area contributed by atoms with Gasteiger partial charge in [-0.15, -0.1) is 0 Å². The smallest absolute Gasteiger partial charge is 0.227 e. The molecule has 0 aliphatic heterocycles. The van der Waals surface area contributed by atoms with Crippen molar-refractivity contribution in [3.05, 3.63) is 109 Å². The van der Waals surface area contributed by atoms with E-state index < -0.39 is 0 Å². The van der Waals surface area contributed by atoms with Crippen LogP contribution < -0.4 is 0 Å². The van der Waals surface area contributed by atoms with Crippen LogP contribution in [0.15, 0.2) is 132 Å². The fourth-order valence-electron chi connectivity index (χ4n) is 5.58. The van der Waals surface area contributed by atoms with Gasteiger partial charge in [0.15, 0.2) is 0 Å². The molecule has 0 amide bonds. The van der Waals surface area contributed by atoms with Crippen molar-refractivity contribution in [2.24, 2.45) is 0 Å². The van der Waals surface area contributed by atoms with E-state index in [1.807, 2.05) is 36.4 Å². The molecular formula is C34H18N2O3S. The Morgan fingerprint density at radius 2 is 0.875 bits per heavy atom. The van der Waals surface area contributed by atoms with E-state index in [4.69, 9.17) is 13.3 Å². The Bertz CT molecular complexity index is 2430. The fourth-order valence-corrected chi connectivity index (χ4v) is 6.48. The Morgan fingerprint density at radius 3 is 1.45 bits per heavy atom. The molecule has 0 aliphatic carbocycles.